The number of nitrogens with one attached hydrogen (secondary N) is 1. The van der Waals surface area contributed by atoms with Gasteiger partial charge in [-0.1, -0.05) is 13.0 Å². The summed E-state index contributed by atoms with van der Waals surface area (Å²) in [7, 11) is 0. The fourth-order valence-electron chi connectivity index (χ4n) is 2.53. The van der Waals surface area contributed by atoms with Crippen LogP contribution >= 0.6 is 0 Å². The second-order valence-electron chi connectivity index (χ2n) is 5.06. The lowest BCUT2D eigenvalue weighted by atomic mass is 9.95. The summed E-state index contributed by atoms with van der Waals surface area (Å²) in [5.41, 5.74) is 7.15. The first-order valence-corrected chi connectivity index (χ1v) is 6.79. The van der Waals surface area contributed by atoms with Crippen LogP contribution in [0.3, 0.4) is 0 Å². The lowest BCUT2D eigenvalue weighted by Gasteiger charge is -2.40. The molecule has 1 aliphatic rings. The van der Waals surface area contributed by atoms with Crippen molar-refractivity contribution in [2.45, 2.75) is 38.4 Å². The van der Waals surface area contributed by atoms with Gasteiger partial charge in [-0.3, -0.25) is 24.8 Å². The molecule has 0 saturated carbocycles. The Bertz CT molecular complexity index is 491. The first-order chi connectivity index (χ1) is 9.54. The molecule has 6 heteroatoms. The van der Waals surface area contributed by atoms with Crippen LogP contribution in [0, 0.1) is 0 Å². The van der Waals surface area contributed by atoms with Crippen molar-refractivity contribution in [3.63, 3.8) is 0 Å². The van der Waals surface area contributed by atoms with E-state index in [1.807, 2.05) is 24.0 Å². The lowest BCUT2D eigenvalue weighted by Crippen LogP contribution is -2.59. The van der Waals surface area contributed by atoms with Crippen LogP contribution in [0.4, 0.5) is 0 Å². The monoisotopic (exact) mass is 276 g/mol. The van der Waals surface area contributed by atoms with Crippen molar-refractivity contribution in [1.82, 2.24) is 15.2 Å². The van der Waals surface area contributed by atoms with Crippen LogP contribution in [-0.4, -0.2) is 40.3 Å². The zero-order valence-corrected chi connectivity index (χ0v) is 11.7. The summed E-state index contributed by atoms with van der Waals surface area (Å²) in [6.07, 6.45) is 4.18. The van der Waals surface area contributed by atoms with Gasteiger partial charge in [-0.15, -0.1) is 0 Å². The predicted octanol–water partition coefficient (Wildman–Crippen LogP) is 0.207. The lowest BCUT2D eigenvalue weighted by molar-refractivity contribution is -0.141. The molecular formula is C14H20N4O2. The number of aromatic nitrogens is 1. The smallest absolute Gasteiger partial charge is 0.243 e. The Hall–Kier alpha value is -1.79. The average Bonchev–Trinajstić information content (AvgIpc) is 2.45. The summed E-state index contributed by atoms with van der Waals surface area (Å²) in [5.74, 6) is -0.566. The predicted molar refractivity (Wildman–Crippen MR) is 74.6 cm³/mol. The Morgan fingerprint density at radius 2 is 2.30 bits per heavy atom. The van der Waals surface area contributed by atoms with E-state index < -0.39 is 6.04 Å². The van der Waals surface area contributed by atoms with Gasteiger partial charge in [0.1, 0.15) is 0 Å². The second-order valence-corrected chi connectivity index (χ2v) is 5.06. The Balaban J connectivity index is 2.35. The zero-order chi connectivity index (χ0) is 14.7. The van der Waals surface area contributed by atoms with Gasteiger partial charge in [-0.25, -0.2) is 0 Å². The van der Waals surface area contributed by atoms with Gasteiger partial charge in [0.05, 0.1) is 18.6 Å². The maximum atomic E-state index is 11.8. The van der Waals surface area contributed by atoms with E-state index in [9.17, 15) is 9.59 Å². The molecule has 2 amide bonds. The van der Waals surface area contributed by atoms with Gasteiger partial charge in [0.2, 0.25) is 11.8 Å². The van der Waals surface area contributed by atoms with Crippen molar-refractivity contribution in [3.8, 4) is 0 Å². The number of piperazine rings is 1. The molecule has 20 heavy (non-hydrogen) atoms. The SMILES string of the molecule is CCC(N)C(c1cccnc1)N1CC(=O)NC(=O)C1C. The number of hydrogen-bond donors (Lipinski definition) is 2. The first kappa shape index (κ1) is 14.6. The summed E-state index contributed by atoms with van der Waals surface area (Å²) in [6, 6.07) is 3.01. The largest absolute Gasteiger partial charge is 0.326 e. The summed E-state index contributed by atoms with van der Waals surface area (Å²) < 4.78 is 0. The van der Waals surface area contributed by atoms with Crippen molar-refractivity contribution in [3.05, 3.63) is 30.1 Å². The van der Waals surface area contributed by atoms with Gasteiger partial charge in [-0.2, -0.15) is 0 Å². The maximum absolute atomic E-state index is 11.8. The van der Waals surface area contributed by atoms with Crippen LogP contribution in [0.15, 0.2) is 24.5 Å². The van der Waals surface area contributed by atoms with E-state index in [0.29, 0.717) is 0 Å². The zero-order valence-electron chi connectivity index (χ0n) is 11.7. The van der Waals surface area contributed by atoms with Gasteiger partial charge in [0.25, 0.3) is 0 Å². The van der Waals surface area contributed by atoms with E-state index in [2.05, 4.69) is 10.3 Å². The van der Waals surface area contributed by atoms with Crippen molar-refractivity contribution in [2.75, 3.05) is 6.54 Å². The van der Waals surface area contributed by atoms with E-state index in [4.69, 9.17) is 5.73 Å². The number of amides is 2. The number of carbonyl (C=O) groups is 2. The fourth-order valence-corrected chi connectivity index (χ4v) is 2.53. The van der Waals surface area contributed by atoms with Gasteiger partial charge < -0.3 is 5.73 Å². The molecule has 6 nitrogen and oxygen atoms in total. The van der Waals surface area contributed by atoms with E-state index in [0.717, 1.165) is 12.0 Å². The van der Waals surface area contributed by atoms with Crippen LogP contribution in [0.1, 0.15) is 31.9 Å². The molecule has 2 rings (SSSR count). The minimum Gasteiger partial charge on any atom is -0.326 e. The van der Waals surface area contributed by atoms with E-state index in [-0.39, 0.29) is 30.4 Å². The topological polar surface area (TPSA) is 88.3 Å². The highest BCUT2D eigenvalue weighted by Crippen LogP contribution is 2.27. The molecule has 0 spiro atoms. The van der Waals surface area contributed by atoms with Crippen molar-refractivity contribution in [1.29, 1.82) is 0 Å². The van der Waals surface area contributed by atoms with Crippen molar-refractivity contribution in [2.24, 2.45) is 5.73 Å². The molecule has 0 aliphatic carbocycles. The molecule has 0 radical (unpaired) electrons. The third-order valence-electron chi connectivity index (χ3n) is 3.73. The molecule has 0 aromatic carbocycles. The third-order valence-corrected chi connectivity index (χ3v) is 3.73. The third kappa shape index (κ3) is 2.86. The number of carbonyl (C=O) groups excluding carboxylic acids is 2. The highest BCUT2D eigenvalue weighted by atomic mass is 16.2. The van der Waals surface area contributed by atoms with E-state index >= 15 is 0 Å². The van der Waals surface area contributed by atoms with Crippen LogP contribution in [0.25, 0.3) is 0 Å². The van der Waals surface area contributed by atoms with Crippen LogP contribution in [0.5, 0.6) is 0 Å². The maximum Gasteiger partial charge on any atom is 0.243 e. The summed E-state index contributed by atoms with van der Waals surface area (Å²) >= 11 is 0. The van der Waals surface area contributed by atoms with Gasteiger partial charge in [-0.05, 0) is 25.0 Å². The standard InChI is InChI=1S/C14H20N4O2/c1-3-11(15)13(10-5-4-6-16-7-10)18-8-12(19)17-14(20)9(18)2/h4-7,9,11,13H,3,8,15H2,1-2H3,(H,17,19,20). The Labute approximate surface area is 118 Å². The molecule has 0 bridgehead atoms. The highest BCUT2D eigenvalue weighted by Gasteiger charge is 2.37. The molecule has 1 fully saturated rings. The molecule has 3 N–H and O–H groups in total. The van der Waals surface area contributed by atoms with Crippen LogP contribution in [0.2, 0.25) is 0 Å². The van der Waals surface area contributed by atoms with Crippen LogP contribution < -0.4 is 11.1 Å². The van der Waals surface area contributed by atoms with Crippen LogP contribution in [-0.2, 0) is 9.59 Å². The quantitative estimate of drug-likeness (QED) is 0.767. The minimum absolute atomic E-state index is 0.166. The molecular weight excluding hydrogens is 256 g/mol. The number of nitrogens with zero attached hydrogens (tertiary/aromatic N) is 2. The molecule has 3 unspecified atom stereocenters. The molecule has 1 saturated heterocycles. The van der Waals surface area contributed by atoms with Crippen molar-refractivity contribution < 1.29 is 9.59 Å². The number of imide groups is 1. The van der Waals surface area contributed by atoms with Gasteiger partial charge in [0, 0.05) is 18.4 Å². The summed E-state index contributed by atoms with van der Waals surface area (Å²) in [6.45, 7) is 3.94. The fraction of sp³-hybridized carbons (Fsp3) is 0.500. The van der Waals surface area contributed by atoms with Crippen molar-refractivity contribution >= 4 is 11.8 Å². The number of pyridine rings is 1. The van der Waals surface area contributed by atoms with E-state index in [1.165, 1.54) is 0 Å². The normalized spacial score (nSPS) is 23.2. The molecule has 3 atom stereocenters. The number of hydrogen-bond acceptors (Lipinski definition) is 5. The Kier molecular flexibility index (Phi) is 4.46. The molecule has 1 aliphatic heterocycles. The summed E-state index contributed by atoms with van der Waals surface area (Å²) in [4.78, 5) is 29.4. The van der Waals surface area contributed by atoms with Gasteiger partial charge in [0.15, 0.2) is 0 Å². The number of nitrogens with two attached hydrogens (primary N) is 1. The Morgan fingerprint density at radius 3 is 2.90 bits per heavy atom. The molecule has 1 aromatic heterocycles. The number of rotatable bonds is 4. The van der Waals surface area contributed by atoms with E-state index in [1.54, 1.807) is 19.3 Å². The first-order valence-electron chi connectivity index (χ1n) is 6.79. The molecule has 108 valence electrons. The summed E-state index contributed by atoms with van der Waals surface area (Å²) in [5, 5.41) is 2.35. The minimum atomic E-state index is -0.393. The average molecular weight is 276 g/mol. The molecule has 2 heterocycles. The highest BCUT2D eigenvalue weighted by molar-refractivity contribution is 6.00. The molecule has 1 aromatic rings. The Morgan fingerprint density at radius 1 is 1.55 bits per heavy atom. The second kappa shape index (κ2) is 6.11. The van der Waals surface area contributed by atoms with Gasteiger partial charge >= 0.3 is 0 Å².